The van der Waals surface area contributed by atoms with Gasteiger partial charge < -0.3 is 19.9 Å². The van der Waals surface area contributed by atoms with Gasteiger partial charge in [0.1, 0.15) is 11.5 Å². The van der Waals surface area contributed by atoms with Gasteiger partial charge in [-0.05, 0) is 38.0 Å². The molecular formula is C18H26N4O3. The molecule has 2 saturated heterocycles. The van der Waals surface area contributed by atoms with Crippen molar-refractivity contribution in [3.05, 3.63) is 17.7 Å². The molecule has 136 valence electrons. The van der Waals surface area contributed by atoms with Crippen LogP contribution in [-0.4, -0.2) is 52.1 Å². The fourth-order valence-electron chi connectivity index (χ4n) is 4.43. The minimum atomic E-state index is -0.247. The lowest BCUT2D eigenvalue weighted by Crippen LogP contribution is -2.40. The number of carbonyl (C=O) groups is 2. The normalized spacial score (nSPS) is 26.8. The van der Waals surface area contributed by atoms with Gasteiger partial charge in [-0.2, -0.15) is 0 Å². The zero-order valence-corrected chi connectivity index (χ0v) is 14.5. The largest absolute Gasteiger partial charge is 0.377 e. The third-order valence-corrected chi connectivity index (χ3v) is 5.92. The van der Waals surface area contributed by atoms with E-state index in [4.69, 9.17) is 10.5 Å². The summed E-state index contributed by atoms with van der Waals surface area (Å²) in [5, 5.41) is 0. The minimum Gasteiger partial charge on any atom is -0.377 e. The Morgan fingerprint density at radius 2 is 2.04 bits per heavy atom. The Balaban J connectivity index is 1.30. The van der Waals surface area contributed by atoms with E-state index in [0.717, 1.165) is 64.0 Å². The molecule has 1 aromatic heterocycles. The number of carbonyl (C=O) groups excluding carboxylic acids is 2. The number of rotatable bonds is 4. The molecule has 4 rings (SSSR count). The van der Waals surface area contributed by atoms with Crippen LogP contribution in [0.15, 0.2) is 6.20 Å². The zero-order valence-electron chi connectivity index (χ0n) is 14.5. The Kier molecular flexibility index (Phi) is 4.50. The number of hydrogen-bond donors (Lipinski definition) is 1. The summed E-state index contributed by atoms with van der Waals surface area (Å²) in [7, 11) is 0. The number of amides is 2. The van der Waals surface area contributed by atoms with Crippen LogP contribution in [-0.2, 0) is 22.5 Å². The van der Waals surface area contributed by atoms with Crippen LogP contribution in [0.3, 0.4) is 0 Å². The summed E-state index contributed by atoms with van der Waals surface area (Å²) in [5.74, 6) is 1.18. The Bertz CT molecular complexity index is 642. The fraction of sp³-hybridized carbons (Fsp3) is 0.722. The molecule has 0 bridgehead atoms. The minimum absolute atomic E-state index is 0.0409. The molecule has 0 saturated carbocycles. The smallest absolute Gasteiger partial charge is 0.274 e. The molecule has 0 unspecified atom stereocenters. The van der Waals surface area contributed by atoms with Gasteiger partial charge in [0.15, 0.2) is 0 Å². The van der Waals surface area contributed by atoms with Gasteiger partial charge in [0.05, 0.1) is 12.0 Å². The molecule has 0 radical (unpaired) electrons. The Hall–Kier alpha value is -1.89. The van der Waals surface area contributed by atoms with E-state index in [1.54, 1.807) is 0 Å². The lowest BCUT2D eigenvalue weighted by Gasteiger charge is -2.33. The van der Waals surface area contributed by atoms with Crippen LogP contribution in [0, 0.1) is 11.8 Å². The maximum Gasteiger partial charge on any atom is 0.274 e. The van der Waals surface area contributed by atoms with Gasteiger partial charge in [0.2, 0.25) is 5.91 Å². The molecule has 1 aromatic rings. The fourth-order valence-corrected chi connectivity index (χ4v) is 4.43. The molecule has 7 heteroatoms. The average molecular weight is 346 g/mol. The van der Waals surface area contributed by atoms with Crippen molar-refractivity contribution in [2.75, 3.05) is 19.7 Å². The summed E-state index contributed by atoms with van der Waals surface area (Å²) in [4.78, 5) is 30.6. The zero-order chi connectivity index (χ0) is 17.4. The quantitative estimate of drug-likeness (QED) is 0.879. The van der Waals surface area contributed by atoms with Crippen LogP contribution in [0.25, 0.3) is 0 Å². The number of hydrogen-bond acceptors (Lipinski definition) is 4. The molecule has 0 aliphatic carbocycles. The lowest BCUT2D eigenvalue weighted by atomic mass is 9.86. The summed E-state index contributed by atoms with van der Waals surface area (Å²) in [6.07, 6.45) is 7.46. The van der Waals surface area contributed by atoms with Crippen molar-refractivity contribution in [1.82, 2.24) is 14.5 Å². The number of imidazole rings is 1. The van der Waals surface area contributed by atoms with Crippen molar-refractivity contribution < 1.29 is 14.3 Å². The predicted octanol–water partition coefficient (Wildman–Crippen LogP) is 0.962. The Morgan fingerprint density at radius 3 is 2.76 bits per heavy atom. The molecule has 0 spiro atoms. The van der Waals surface area contributed by atoms with Crippen LogP contribution < -0.4 is 5.73 Å². The first-order chi connectivity index (χ1) is 12.1. The highest BCUT2D eigenvalue weighted by Crippen LogP contribution is 2.31. The Labute approximate surface area is 147 Å². The highest BCUT2D eigenvalue weighted by Gasteiger charge is 2.35. The monoisotopic (exact) mass is 346 g/mol. The number of aromatic nitrogens is 2. The number of ether oxygens (including phenoxy) is 1. The van der Waals surface area contributed by atoms with Crippen LogP contribution in [0.5, 0.6) is 0 Å². The van der Waals surface area contributed by atoms with Crippen LogP contribution in [0.4, 0.5) is 0 Å². The molecule has 2 atom stereocenters. The maximum atomic E-state index is 12.7. The number of fused-ring (bicyclic) bond motifs is 1. The van der Waals surface area contributed by atoms with Gasteiger partial charge >= 0.3 is 0 Å². The first kappa shape index (κ1) is 16.6. The van der Waals surface area contributed by atoms with E-state index in [1.807, 2.05) is 11.1 Å². The van der Waals surface area contributed by atoms with Crippen molar-refractivity contribution in [3.8, 4) is 0 Å². The predicted molar refractivity (Wildman–Crippen MR) is 90.8 cm³/mol. The van der Waals surface area contributed by atoms with Crippen molar-refractivity contribution in [2.24, 2.45) is 17.6 Å². The maximum absolute atomic E-state index is 12.7. The molecule has 0 aromatic carbocycles. The molecule has 25 heavy (non-hydrogen) atoms. The molecule has 7 nitrogen and oxygen atoms in total. The van der Waals surface area contributed by atoms with E-state index in [9.17, 15) is 9.59 Å². The molecule has 3 aliphatic heterocycles. The van der Waals surface area contributed by atoms with Crippen LogP contribution in [0.2, 0.25) is 0 Å². The van der Waals surface area contributed by atoms with Crippen LogP contribution >= 0.6 is 0 Å². The lowest BCUT2D eigenvalue weighted by molar-refractivity contribution is -0.123. The third kappa shape index (κ3) is 3.29. The van der Waals surface area contributed by atoms with E-state index < -0.39 is 0 Å². The van der Waals surface area contributed by atoms with Crippen molar-refractivity contribution in [3.63, 3.8) is 0 Å². The summed E-state index contributed by atoms with van der Waals surface area (Å²) in [6.45, 7) is 3.10. The first-order valence-corrected chi connectivity index (χ1v) is 9.38. The number of piperidine rings is 1. The number of aryl methyl sites for hydroxylation is 2. The summed E-state index contributed by atoms with van der Waals surface area (Å²) < 4.78 is 7.81. The standard InChI is InChI=1S/C18H26N4O3/c19-17(23)13-5-9-25-15(13)10-12-3-7-21(8-4-12)18(24)14-11-22-6-1-2-16(22)20-14/h11-13,15H,1-10H2,(H2,19,23)/t13-,15-/m1/s1. The van der Waals surface area contributed by atoms with Gasteiger partial charge in [-0.25, -0.2) is 4.98 Å². The van der Waals surface area contributed by atoms with E-state index in [-0.39, 0.29) is 23.8 Å². The topological polar surface area (TPSA) is 90.5 Å². The summed E-state index contributed by atoms with van der Waals surface area (Å²) >= 11 is 0. The van der Waals surface area contributed by atoms with Crippen molar-refractivity contribution in [1.29, 1.82) is 0 Å². The number of primary amides is 1. The SMILES string of the molecule is NC(=O)[C@@H]1CCO[C@@H]1CC1CCN(C(=O)c2cn3c(n2)CCC3)CC1. The summed E-state index contributed by atoms with van der Waals surface area (Å²) in [6, 6.07) is 0. The van der Waals surface area contributed by atoms with E-state index in [0.29, 0.717) is 18.2 Å². The van der Waals surface area contributed by atoms with Crippen molar-refractivity contribution in [2.45, 2.75) is 51.2 Å². The van der Waals surface area contributed by atoms with Gasteiger partial charge in [0.25, 0.3) is 5.91 Å². The van der Waals surface area contributed by atoms with E-state index >= 15 is 0 Å². The van der Waals surface area contributed by atoms with Gasteiger partial charge in [-0.3, -0.25) is 9.59 Å². The second kappa shape index (κ2) is 6.78. The second-order valence-corrected chi connectivity index (χ2v) is 7.52. The van der Waals surface area contributed by atoms with Gasteiger partial charge in [-0.1, -0.05) is 0 Å². The van der Waals surface area contributed by atoms with Crippen LogP contribution in [0.1, 0.15) is 48.4 Å². The van der Waals surface area contributed by atoms with E-state index in [2.05, 4.69) is 9.55 Å². The van der Waals surface area contributed by atoms with Gasteiger partial charge in [0, 0.05) is 38.9 Å². The first-order valence-electron chi connectivity index (χ1n) is 9.38. The molecule has 2 N–H and O–H groups in total. The molecule has 2 amide bonds. The average Bonchev–Trinajstić information content (AvgIpc) is 3.30. The number of nitrogens with two attached hydrogens (primary N) is 1. The second-order valence-electron chi connectivity index (χ2n) is 7.52. The number of nitrogens with zero attached hydrogens (tertiary/aromatic N) is 3. The molecule has 2 fully saturated rings. The molecule has 3 aliphatic rings. The summed E-state index contributed by atoms with van der Waals surface area (Å²) in [5.41, 5.74) is 6.05. The third-order valence-electron chi connectivity index (χ3n) is 5.92. The Morgan fingerprint density at radius 1 is 1.24 bits per heavy atom. The van der Waals surface area contributed by atoms with Gasteiger partial charge in [-0.15, -0.1) is 0 Å². The highest BCUT2D eigenvalue weighted by molar-refractivity contribution is 5.92. The molecular weight excluding hydrogens is 320 g/mol. The van der Waals surface area contributed by atoms with E-state index in [1.165, 1.54) is 0 Å². The number of likely N-dealkylation sites (tertiary alicyclic amines) is 1. The van der Waals surface area contributed by atoms with Crippen molar-refractivity contribution >= 4 is 11.8 Å². The molecule has 4 heterocycles. The highest BCUT2D eigenvalue weighted by atomic mass is 16.5.